The quantitative estimate of drug-likeness (QED) is 0.217. The van der Waals surface area contributed by atoms with E-state index in [0.29, 0.717) is 6.42 Å². The summed E-state index contributed by atoms with van der Waals surface area (Å²) in [6.07, 6.45) is 5.82. The van der Waals surface area contributed by atoms with Gasteiger partial charge in [0.05, 0.1) is 15.9 Å². The van der Waals surface area contributed by atoms with E-state index in [1.54, 1.807) is 23.5 Å². The summed E-state index contributed by atoms with van der Waals surface area (Å²) in [6, 6.07) is 12.3. The minimum absolute atomic E-state index is 0.213. The molecule has 0 aliphatic carbocycles. The molecule has 0 radical (unpaired) electrons. The van der Waals surface area contributed by atoms with Crippen molar-refractivity contribution in [2.75, 3.05) is 11.5 Å². The molecule has 6 heteroatoms. The van der Waals surface area contributed by atoms with Crippen molar-refractivity contribution < 1.29 is 9.18 Å². The topological polar surface area (TPSA) is 34.4 Å². The van der Waals surface area contributed by atoms with Crippen molar-refractivity contribution in [2.24, 2.45) is 0 Å². The van der Waals surface area contributed by atoms with Crippen LogP contribution in [-0.2, 0) is 0 Å². The van der Waals surface area contributed by atoms with Gasteiger partial charge < -0.3 is 0 Å². The number of fused-ring (bicyclic) bond motifs is 3. The maximum absolute atomic E-state index is 13.2. The van der Waals surface area contributed by atoms with Gasteiger partial charge in [0, 0.05) is 23.7 Å². The molecule has 0 bridgehead atoms. The third kappa shape index (κ3) is 4.54. The van der Waals surface area contributed by atoms with Gasteiger partial charge in [-0.2, -0.15) is 11.8 Å². The molecule has 0 amide bonds. The average molecular weight is 427 g/mol. The fourth-order valence-electron chi connectivity index (χ4n) is 3.31. The van der Waals surface area contributed by atoms with E-state index in [-0.39, 0.29) is 11.6 Å². The molecule has 0 spiro atoms. The molecular weight excluding hydrogens is 403 g/mol. The van der Waals surface area contributed by atoms with Gasteiger partial charge in [-0.25, -0.2) is 9.37 Å². The highest BCUT2D eigenvalue weighted by molar-refractivity contribution is 7.99. The summed E-state index contributed by atoms with van der Waals surface area (Å²) < 4.78 is 16.3. The van der Waals surface area contributed by atoms with Crippen molar-refractivity contribution in [3.63, 3.8) is 0 Å². The summed E-state index contributed by atoms with van der Waals surface area (Å²) in [6.45, 7) is 2.19. The number of ketones is 1. The fraction of sp³-hybridized carbons (Fsp3) is 0.304. The predicted octanol–water partition coefficient (Wildman–Crippen LogP) is 6.85. The molecule has 0 aliphatic heterocycles. The number of aromatic nitrogens is 2. The third-order valence-electron chi connectivity index (χ3n) is 4.85. The molecule has 3 nitrogen and oxygen atoms in total. The highest BCUT2D eigenvalue weighted by atomic mass is 32.2. The first-order valence-electron chi connectivity index (χ1n) is 9.94. The van der Waals surface area contributed by atoms with E-state index in [1.807, 2.05) is 40.6 Å². The molecule has 4 rings (SSSR count). The SMILES string of the molecule is CCCSCCCCC(=O)c1ccc2c(c1)sc1nc(-c3ccc(F)cc3)cn12. The highest BCUT2D eigenvalue weighted by Crippen LogP contribution is 2.30. The van der Waals surface area contributed by atoms with E-state index in [0.717, 1.165) is 50.6 Å². The number of carbonyl (C=O) groups is 1. The van der Waals surface area contributed by atoms with Gasteiger partial charge in [-0.15, -0.1) is 0 Å². The molecule has 0 aliphatic rings. The van der Waals surface area contributed by atoms with Crippen LogP contribution >= 0.6 is 23.1 Å². The Bertz CT molecular complexity index is 1130. The molecule has 0 unspecified atom stereocenters. The summed E-state index contributed by atoms with van der Waals surface area (Å²) in [7, 11) is 0. The molecule has 0 saturated carbocycles. The molecule has 0 atom stereocenters. The number of thioether (sulfide) groups is 1. The summed E-state index contributed by atoms with van der Waals surface area (Å²) in [4.78, 5) is 18.1. The van der Waals surface area contributed by atoms with E-state index in [9.17, 15) is 9.18 Å². The predicted molar refractivity (Wildman–Crippen MR) is 122 cm³/mol. The Morgan fingerprint density at radius 1 is 1.14 bits per heavy atom. The zero-order chi connectivity index (χ0) is 20.2. The largest absolute Gasteiger partial charge is 0.294 e. The van der Waals surface area contributed by atoms with Crippen LogP contribution in [0.15, 0.2) is 48.7 Å². The summed E-state index contributed by atoms with van der Waals surface area (Å²) in [5, 5.41) is 0. The van der Waals surface area contributed by atoms with Crippen molar-refractivity contribution in [1.29, 1.82) is 0 Å². The first-order valence-corrected chi connectivity index (χ1v) is 11.9. The van der Waals surface area contributed by atoms with Gasteiger partial charge in [0.1, 0.15) is 5.82 Å². The van der Waals surface area contributed by atoms with E-state index >= 15 is 0 Å². The number of carbonyl (C=O) groups excluding carboxylic acids is 1. The van der Waals surface area contributed by atoms with Crippen molar-refractivity contribution >= 4 is 44.1 Å². The van der Waals surface area contributed by atoms with Crippen LogP contribution in [0, 0.1) is 5.82 Å². The van der Waals surface area contributed by atoms with Crippen molar-refractivity contribution in [3.05, 3.63) is 60.0 Å². The lowest BCUT2D eigenvalue weighted by Crippen LogP contribution is -1.99. The number of rotatable bonds is 9. The Morgan fingerprint density at radius 3 is 2.76 bits per heavy atom. The van der Waals surface area contributed by atoms with Gasteiger partial charge in [-0.3, -0.25) is 9.20 Å². The maximum Gasteiger partial charge on any atom is 0.195 e. The Labute approximate surface area is 178 Å². The standard InChI is InChI=1S/C23H23FN2OS2/c1-2-12-28-13-4-3-5-21(27)17-8-11-20-22(14-17)29-23-25-19(15-26(20)23)16-6-9-18(24)10-7-16/h6-11,14-15H,2-5,12-13H2,1H3. The lowest BCUT2D eigenvalue weighted by atomic mass is 10.1. The van der Waals surface area contributed by atoms with Crippen LogP contribution in [0.1, 0.15) is 43.0 Å². The van der Waals surface area contributed by atoms with E-state index in [4.69, 9.17) is 0 Å². The second-order valence-electron chi connectivity index (χ2n) is 7.06. The normalized spacial score (nSPS) is 11.5. The summed E-state index contributed by atoms with van der Waals surface area (Å²) in [5.41, 5.74) is 3.53. The number of Topliss-reactive ketones (excluding diaryl/α,β-unsaturated/α-hetero) is 1. The molecule has 0 fully saturated rings. The average Bonchev–Trinajstić information content (AvgIpc) is 3.28. The number of nitrogens with zero attached hydrogens (tertiary/aromatic N) is 2. The minimum atomic E-state index is -0.253. The van der Waals surface area contributed by atoms with Gasteiger partial charge in [0.15, 0.2) is 10.7 Å². The number of halogens is 1. The highest BCUT2D eigenvalue weighted by Gasteiger charge is 2.13. The summed E-state index contributed by atoms with van der Waals surface area (Å²) in [5.74, 6) is 2.30. The van der Waals surface area contributed by atoms with Crippen LogP contribution in [0.2, 0.25) is 0 Å². The van der Waals surface area contributed by atoms with Crippen LogP contribution in [0.25, 0.3) is 26.4 Å². The molecule has 4 aromatic rings. The Hall–Kier alpha value is -2.18. The summed E-state index contributed by atoms with van der Waals surface area (Å²) >= 11 is 3.54. The van der Waals surface area contributed by atoms with Gasteiger partial charge in [0.25, 0.3) is 0 Å². The number of unbranched alkanes of at least 4 members (excludes halogenated alkanes) is 1. The van der Waals surface area contributed by atoms with E-state index in [1.165, 1.54) is 24.3 Å². The van der Waals surface area contributed by atoms with Crippen LogP contribution in [0.5, 0.6) is 0 Å². The van der Waals surface area contributed by atoms with Crippen molar-refractivity contribution in [3.8, 4) is 11.3 Å². The van der Waals surface area contributed by atoms with Gasteiger partial charge in [-0.05, 0) is 73.2 Å². The zero-order valence-corrected chi connectivity index (χ0v) is 18.0. The van der Waals surface area contributed by atoms with Crippen LogP contribution in [0.4, 0.5) is 4.39 Å². The van der Waals surface area contributed by atoms with Gasteiger partial charge >= 0.3 is 0 Å². The second kappa shape index (κ2) is 9.09. The number of imidazole rings is 1. The van der Waals surface area contributed by atoms with Crippen molar-refractivity contribution in [2.45, 2.75) is 32.6 Å². The van der Waals surface area contributed by atoms with E-state index in [2.05, 4.69) is 11.9 Å². The van der Waals surface area contributed by atoms with Gasteiger partial charge in [0.2, 0.25) is 0 Å². The lowest BCUT2D eigenvalue weighted by Gasteiger charge is -2.02. The first kappa shape index (κ1) is 20.1. The molecular formula is C23H23FN2OS2. The maximum atomic E-state index is 13.2. The van der Waals surface area contributed by atoms with E-state index < -0.39 is 0 Å². The fourth-order valence-corrected chi connectivity index (χ4v) is 5.26. The Morgan fingerprint density at radius 2 is 1.97 bits per heavy atom. The molecule has 2 heterocycles. The smallest absolute Gasteiger partial charge is 0.195 e. The second-order valence-corrected chi connectivity index (χ2v) is 9.30. The number of benzene rings is 2. The molecule has 0 saturated heterocycles. The number of thiazole rings is 1. The molecule has 2 aromatic carbocycles. The Kier molecular flexibility index (Phi) is 6.31. The third-order valence-corrected chi connectivity index (χ3v) is 7.14. The Balaban J connectivity index is 1.48. The number of hydrogen-bond donors (Lipinski definition) is 0. The molecule has 0 N–H and O–H groups in total. The first-order chi connectivity index (χ1) is 14.2. The monoisotopic (exact) mass is 426 g/mol. The molecule has 150 valence electrons. The van der Waals surface area contributed by atoms with Crippen LogP contribution < -0.4 is 0 Å². The van der Waals surface area contributed by atoms with Crippen molar-refractivity contribution in [1.82, 2.24) is 9.38 Å². The van der Waals surface area contributed by atoms with Crippen LogP contribution in [-0.4, -0.2) is 26.7 Å². The minimum Gasteiger partial charge on any atom is -0.294 e. The zero-order valence-electron chi connectivity index (χ0n) is 16.4. The van der Waals surface area contributed by atoms with Gasteiger partial charge in [-0.1, -0.05) is 18.3 Å². The number of hydrogen-bond acceptors (Lipinski definition) is 4. The molecule has 2 aromatic heterocycles. The molecule has 29 heavy (non-hydrogen) atoms. The van der Waals surface area contributed by atoms with Crippen LogP contribution in [0.3, 0.4) is 0 Å². The lowest BCUT2D eigenvalue weighted by molar-refractivity contribution is 0.0980.